The van der Waals surface area contributed by atoms with Crippen LogP contribution in [0.3, 0.4) is 0 Å². The van der Waals surface area contributed by atoms with Crippen molar-refractivity contribution in [3.8, 4) is 11.5 Å². The second kappa shape index (κ2) is 9.28. The van der Waals surface area contributed by atoms with Crippen LogP contribution < -0.4 is 15.4 Å². The zero-order valence-electron chi connectivity index (χ0n) is 15.0. The number of aromatic hydroxyl groups is 1. The van der Waals surface area contributed by atoms with E-state index in [9.17, 15) is 5.11 Å². The standard InChI is InChI=1S/C20H26N2O2S/c1-14(2)10-15-4-6-16(7-5-15)12-21-20(25)22-13-17-8-9-18(23)19(11-17)24-3/h4-9,11,14,23H,10,12-13H2,1-3H3,(H2,21,22,25). The van der Waals surface area contributed by atoms with Gasteiger partial charge in [-0.1, -0.05) is 44.2 Å². The first-order chi connectivity index (χ1) is 12.0. The fourth-order valence-corrected chi connectivity index (χ4v) is 2.67. The van der Waals surface area contributed by atoms with Gasteiger partial charge >= 0.3 is 0 Å². The molecule has 3 N–H and O–H groups in total. The number of methoxy groups -OCH3 is 1. The van der Waals surface area contributed by atoms with Crippen LogP contribution in [0.2, 0.25) is 0 Å². The van der Waals surface area contributed by atoms with Crippen molar-refractivity contribution in [2.24, 2.45) is 5.92 Å². The summed E-state index contributed by atoms with van der Waals surface area (Å²) in [5.74, 6) is 1.26. The molecule has 0 amide bonds. The third-order valence-electron chi connectivity index (χ3n) is 3.82. The Morgan fingerprint density at radius 3 is 2.16 bits per heavy atom. The summed E-state index contributed by atoms with van der Waals surface area (Å²) in [7, 11) is 1.53. The molecule has 0 aliphatic heterocycles. The van der Waals surface area contributed by atoms with Gasteiger partial charge in [-0.05, 0) is 53.4 Å². The number of ether oxygens (including phenoxy) is 1. The van der Waals surface area contributed by atoms with Crippen molar-refractivity contribution in [2.75, 3.05) is 7.11 Å². The zero-order chi connectivity index (χ0) is 18.2. The predicted molar refractivity (Wildman–Crippen MR) is 106 cm³/mol. The van der Waals surface area contributed by atoms with Gasteiger partial charge in [0.1, 0.15) is 0 Å². The highest BCUT2D eigenvalue weighted by Crippen LogP contribution is 2.26. The summed E-state index contributed by atoms with van der Waals surface area (Å²) in [5.41, 5.74) is 3.54. The van der Waals surface area contributed by atoms with Crippen LogP contribution in [0.15, 0.2) is 42.5 Å². The fraction of sp³-hybridized carbons (Fsp3) is 0.350. The Balaban J connectivity index is 1.79. The molecule has 0 unspecified atom stereocenters. The topological polar surface area (TPSA) is 53.5 Å². The molecule has 0 saturated heterocycles. The predicted octanol–water partition coefficient (Wildman–Crippen LogP) is 3.76. The summed E-state index contributed by atoms with van der Waals surface area (Å²) in [4.78, 5) is 0. The molecular formula is C20H26N2O2S. The smallest absolute Gasteiger partial charge is 0.166 e. The summed E-state index contributed by atoms with van der Waals surface area (Å²) < 4.78 is 5.11. The normalized spacial score (nSPS) is 10.6. The number of nitrogens with one attached hydrogen (secondary N) is 2. The number of thiocarbonyl (C=S) groups is 1. The van der Waals surface area contributed by atoms with E-state index in [0.29, 0.717) is 29.9 Å². The summed E-state index contributed by atoms with van der Waals surface area (Å²) >= 11 is 5.32. The van der Waals surface area contributed by atoms with Crippen molar-refractivity contribution in [3.05, 3.63) is 59.2 Å². The molecule has 2 aromatic rings. The molecule has 0 radical (unpaired) electrons. The highest BCUT2D eigenvalue weighted by atomic mass is 32.1. The minimum absolute atomic E-state index is 0.132. The molecule has 134 valence electrons. The van der Waals surface area contributed by atoms with Gasteiger partial charge in [0.05, 0.1) is 7.11 Å². The Morgan fingerprint density at radius 2 is 1.56 bits per heavy atom. The molecule has 2 rings (SSSR count). The monoisotopic (exact) mass is 358 g/mol. The molecule has 0 aliphatic rings. The lowest BCUT2D eigenvalue weighted by Gasteiger charge is -2.12. The molecule has 25 heavy (non-hydrogen) atoms. The van der Waals surface area contributed by atoms with Gasteiger partial charge in [0, 0.05) is 13.1 Å². The van der Waals surface area contributed by atoms with Gasteiger partial charge in [-0.25, -0.2) is 0 Å². The fourth-order valence-electron chi connectivity index (χ4n) is 2.52. The van der Waals surface area contributed by atoms with Crippen molar-refractivity contribution in [3.63, 3.8) is 0 Å². The maximum atomic E-state index is 9.61. The molecule has 0 aromatic heterocycles. The zero-order valence-corrected chi connectivity index (χ0v) is 15.8. The second-order valence-corrected chi connectivity index (χ2v) is 6.87. The summed E-state index contributed by atoms with van der Waals surface area (Å²) in [6.07, 6.45) is 1.10. The Labute approximate surface area is 155 Å². The Bertz CT molecular complexity index is 699. The number of hydrogen-bond acceptors (Lipinski definition) is 3. The second-order valence-electron chi connectivity index (χ2n) is 6.46. The van der Waals surface area contributed by atoms with Crippen molar-refractivity contribution < 1.29 is 9.84 Å². The molecule has 0 bridgehead atoms. The Morgan fingerprint density at radius 1 is 1.00 bits per heavy atom. The van der Waals surface area contributed by atoms with Crippen LogP contribution in [0.25, 0.3) is 0 Å². The van der Waals surface area contributed by atoms with Crippen molar-refractivity contribution in [2.45, 2.75) is 33.4 Å². The average Bonchev–Trinajstić information content (AvgIpc) is 2.60. The van der Waals surface area contributed by atoms with Crippen molar-refractivity contribution in [1.82, 2.24) is 10.6 Å². The van der Waals surface area contributed by atoms with Crippen LogP contribution >= 0.6 is 12.2 Å². The van der Waals surface area contributed by atoms with E-state index in [1.807, 2.05) is 6.07 Å². The molecule has 0 aliphatic carbocycles. The number of phenolic OH excluding ortho intramolecular Hbond substituents is 1. The van der Waals surface area contributed by atoms with Gasteiger partial charge < -0.3 is 20.5 Å². The van der Waals surface area contributed by atoms with E-state index in [-0.39, 0.29) is 5.75 Å². The molecule has 0 atom stereocenters. The minimum Gasteiger partial charge on any atom is -0.504 e. The molecule has 5 heteroatoms. The Kier molecular flexibility index (Phi) is 7.07. The van der Waals surface area contributed by atoms with Gasteiger partial charge in [-0.2, -0.15) is 0 Å². The van der Waals surface area contributed by atoms with Crippen LogP contribution in [0.5, 0.6) is 11.5 Å². The number of benzene rings is 2. The van der Waals surface area contributed by atoms with E-state index >= 15 is 0 Å². The van der Waals surface area contributed by atoms with Crippen LogP contribution in [-0.4, -0.2) is 17.3 Å². The van der Waals surface area contributed by atoms with E-state index in [0.717, 1.165) is 12.0 Å². The maximum absolute atomic E-state index is 9.61. The molecule has 2 aromatic carbocycles. The third kappa shape index (κ3) is 6.27. The highest BCUT2D eigenvalue weighted by molar-refractivity contribution is 7.80. The molecule has 0 saturated carbocycles. The van der Waals surface area contributed by atoms with E-state index in [1.165, 1.54) is 18.2 Å². The van der Waals surface area contributed by atoms with E-state index in [1.54, 1.807) is 12.1 Å². The lowest BCUT2D eigenvalue weighted by Crippen LogP contribution is -2.34. The lowest BCUT2D eigenvalue weighted by molar-refractivity contribution is 0.373. The minimum atomic E-state index is 0.132. The number of hydrogen-bond donors (Lipinski definition) is 3. The molecule has 0 fully saturated rings. The average molecular weight is 359 g/mol. The molecule has 0 heterocycles. The first-order valence-corrected chi connectivity index (χ1v) is 8.84. The van der Waals surface area contributed by atoms with Gasteiger partial charge in [0.15, 0.2) is 16.6 Å². The molecular weight excluding hydrogens is 332 g/mol. The number of phenols is 1. The lowest BCUT2D eigenvalue weighted by atomic mass is 10.0. The Hall–Kier alpha value is -2.27. The third-order valence-corrected chi connectivity index (χ3v) is 4.11. The first-order valence-electron chi connectivity index (χ1n) is 8.43. The van der Waals surface area contributed by atoms with E-state index in [4.69, 9.17) is 17.0 Å². The molecule has 4 nitrogen and oxygen atoms in total. The summed E-state index contributed by atoms with van der Waals surface area (Å²) in [5, 5.41) is 16.6. The van der Waals surface area contributed by atoms with Gasteiger partial charge in [0.2, 0.25) is 0 Å². The van der Waals surface area contributed by atoms with E-state index < -0.39 is 0 Å². The van der Waals surface area contributed by atoms with Crippen LogP contribution in [0.1, 0.15) is 30.5 Å². The van der Waals surface area contributed by atoms with Crippen LogP contribution in [0.4, 0.5) is 0 Å². The summed E-state index contributed by atoms with van der Waals surface area (Å²) in [6.45, 7) is 5.70. The largest absolute Gasteiger partial charge is 0.504 e. The SMILES string of the molecule is COc1cc(CNC(=S)NCc2ccc(CC(C)C)cc2)ccc1O. The maximum Gasteiger partial charge on any atom is 0.166 e. The number of rotatable bonds is 7. The first kappa shape index (κ1) is 19.1. The molecule has 0 spiro atoms. The van der Waals surface area contributed by atoms with Crippen molar-refractivity contribution in [1.29, 1.82) is 0 Å². The van der Waals surface area contributed by atoms with Crippen LogP contribution in [-0.2, 0) is 19.5 Å². The summed E-state index contributed by atoms with van der Waals surface area (Å²) in [6, 6.07) is 13.9. The van der Waals surface area contributed by atoms with Crippen molar-refractivity contribution >= 4 is 17.3 Å². The van der Waals surface area contributed by atoms with E-state index in [2.05, 4.69) is 48.7 Å². The highest BCUT2D eigenvalue weighted by Gasteiger charge is 2.04. The van der Waals surface area contributed by atoms with Gasteiger partial charge in [0.25, 0.3) is 0 Å². The van der Waals surface area contributed by atoms with Gasteiger partial charge in [-0.3, -0.25) is 0 Å². The van der Waals surface area contributed by atoms with Gasteiger partial charge in [-0.15, -0.1) is 0 Å². The quantitative estimate of drug-likeness (QED) is 0.658. The van der Waals surface area contributed by atoms with Crippen LogP contribution in [0, 0.1) is 5.92 Å².